The van der Waals surface area contributed by atoms with E-state index < -0.39 is 0 Å². The minimum Gasteiger partial charge on any atom is -0.355 e. The first-order valence-electron chi connectivity index (χ1n) is 10.0. The van der Waals surface area contributed by atoms with Crippen LogP contribution in [0.1, 0.15) is 38.7 Å². The number of nitrogens with zero attached hydrogens (tertiary/aromatic N) is 2. The van der Waals surface area contributed by atoms with Crippen LogP contribution in [0, 0.1) is 11.3 Å². The van der Waals surface area contributed by atoms with E-state index >= 15 is 0 Å². The smallest absolute Gasteiger partial charge is 0.223 e. The van der Waals surface area contributed by atoms with Gasteiger partial charge in [-0.3, -0.25) is 9.59 Å². The number of carbonyl (C=O) groups excluding carboxylic acids is 2. The summed E-state index contributed by atoms with van der Waals surface area (Å²) in [6.07, 6.45) is 2.84. The van der Waals surface area contributed by atoms with Crippen molar-refractivity contribution < 1.29 is 9.59 Å². The molecule has 1 heterocycles. The molecule has 2 rings (SSSR count). The minimum atomic E-state index is 0.0262. The lowest BCUT2D eigenvalue weighted by molar-refractivity contribution is -0.135. The minimum absolute atomic E-state index is 0.0262. The maximum atomic E-state index is 12.5. The second-order valence-corrected chi connectivity index (χ2v) is 8.76. The molecule has 27 heavy (non-hydrogen) atoms. The van der Waals surface area contributed by atoms with Crippen molar-refractivity contribution >= 4 is 11.8 Å². The summed E-state index contributed by atoms with van der Waals surface area (Å²) >= 11 is 0. The zero-order chi connectivity index (χ0) is 19.9. The fraction of sp³-hybridized carbons (Fsp3) is 0.636. The van der Waals surface area contributed by atoms with Gasteiger partial charge in [0.15, 0.2) is 0 Å². The molecule has 0 spiro atoms. The van der Waals surface area contributed by atoms with E-state index in [-0.39, 0.29) is 23.1 Å². The standard InChI is InChI=1S/C22H35N3O2/c1-22(2,17-24(3)4)16-23-21(27)19-12-14-25(15-13-19)20(26)11-10-18-8-6-5-7-9-18/h5-9,19H,10-17H2,1-4H3,(H,23,27). The second kappa shape index (κ2) is 9.88. The molecule has 0 aliphatic carbocycles. The average Bonchev–Trinajstić information content (AvgIpc) is 2.64. The van der Waals surface area contributed by atoms with Gasteiger partial charge >= 0.3 is 0 Å². The quantitative estimate of drug-likeness (QED) is 0.762. The van der Waals surface area contributed by atoms with Gasteiger partial charge in [-0.05, 0) is 44.3 Å². The molecule has 0 saturated carbocycles. The predicted octanol–water partition coefficient (Wildman–Crippen LogP) is 2.56. The maximum absolute atomic E-state index is 12.5. The molecule has 1 N–H and O–H groups in total. The Bertz CT molecular complexity index is 605. The molecule has 1 aromatic rings. The topological polar surface area (TPSA) is 52.7 Å². The van der Waals surface area contributed by atoms with Gasteiger partial charge in [0, 0.05) is 38.5 Å². The molecule has 1 aliphatic rings. The number of piperidine rings is 1. The van der Waals surface area contributed by atoms with E-state index in [0.717, 1.165) is 25.8 Å². The Labute approximate surface area is 164 Å². The van der Waals surface area contributed by atoms with Crippen LogP contribution in [0.4, 0.5) is 0 Å². The van der Waals surface area contributed by atoms with Crippen molar-refractivity contribution in [2.24, 2.45) is 11.3 Å². The van der Waals surface area contributed by atoms with Gasteiger partial charge < -0.3 is 15.1 Å². The highest BCUT2D eigenvalue weighted by atomic mass is 16.2. The molecule has 150 valence electrons. The number of hydrogen-bond acceptors (Lipinski definition) is 3. The number of carbonyl (C=O) groups is 2. The van der Waals surface area contributed by atoms with Crippen molar-refractivity contribution in [3.05, 3.63) is 35.9 Å². The van der Waals surface area contributed by atoms with Crippen molar-refractivity contribution in [1.29, 1.82) is 0 Å². The van der Waals surface area contributed by atoms with Gasteiger partial charge in [0.05, 0.1) is 0 Å². The number of rotatable bonds is 8. The van der Waals surface area contributed by atoms with E-state index in [9.17, 15) is 9.59 Å². The molecule has 5 heteroatoms. The second-order valence-electron chi connectivity index (χ2n) is 8.76. The average molecular weight is 374 g/mol. The summed E-state index contributed by atoms with van der Waals surface area (Å²) in [5.74, 6) is 0.362. The van der Waals surface area contributed by atoms with Crippen molar-refractivity contribution in [3.63, 3.8) is 0 Å². The van der Waals surface area contributed by atoms with Crippen LogP contribution in [0.2, 0.25) is 0 Å². The molecule has 1 saturated heterocycles. The van der Waals surface area contributed by atoms with E-state index in [4.69, 9.17) is 0 Å². The molecule has 0 radical (unpaired) electrons. The fourth-order valence-electron chi connectivity index (χ4n) is 3.83. The highest BCUT2D eigenvalue weighted by Gasteiger charge is 2.28. The molecular weight excluding hydrogens is 338 g/mol. The Morgan fingerprint density at radius 1 is 1.15 bits per heavy atom. The van der Waals surface area contributed by atoms with Crippen molar-refractivity contribution in [2.45, 2.75) is 39.5 Å². The van der Waals surface area contributed by atoms with Gasteiger partial charge in [0.2, 0.25) is 11.8 Å². The first kappa shape index (κ1) is 21.4. The molecule has 0 atom stereocenters. The van der Waals surface area contributed by atoms with E-state index in [2.05, 4.69) is 36.2 Å². The maximum Gasteiger partial charge on any atom is 0.223 e. The SMILES string of the molecule is CN(C)CC(C)(C)CNC(=O)C1CCN(C(=O)CCc2ccccc2)CC1. The summed E-state index contributed by atoms with van der Waals surface area (Å²) in [4.78, 5) is 29.0. The molecule has 0 bridgehead atoms. The molecule has 1 aromatic carbocycles. The lowest BCUT2D eigenvalue weighted by Gasteiger charge is -2.33. The van der Waals surface area contributed by atoms with Crippen LogP contribution in [0.5, 0.6) is 0 Å². The highest BCUT2D eigenvalue weighted by Crippen LogP contribution is 2.20. The fourth-order valence-corrected chi connectivity index (χ4v) is 3.83. The third kappa shape index (κ3) is 7.33. The number of amides is 2. The number of hydrogen-bond donors (Lipinski definition) is 1. The van der Waals surface area contributed by atoms with E-state index in [1.54, 1.807) is 0 Å². The van der Waals surface area contributed by atoms with Crippen LogP contribution >= 0.6 is 0 Å². The van der Waals surface area contributed by atoms with E-state index in [1.807, 2.05) is 37.2 Å². The predicted molar refractivity (Wildman–Crippen MR) is 109 cm³/mol. The third-order valence-corrected chi connectivity index (χ3v) is 5.17. The first-order valence-corrected chi connectivity index (χ1v) is 10.0. The summed E-state index contributed by atoms with van der Waals surface area (Å²) in [5.41, 5.74) is 1.24. The van der Waals surface area contributed by atoms with Gasteiger partial charge in [0.25, 0.3) is 0 Å². The Balaban J connectivity index is 1.71. The molecular formula is C22H35N3O2. The van der Waals surface area contributed by atoms with Crippen LogP contribution < -0.4 is 5.32 Å². The van der Waals surface area contributed by atoms with Gasteiger partial charge in [-0.1, -0.05) is 44.2 Å². The molecule has 0 unspecified atom stereocenters. The zero-order valence-electron chi connectivity index (χ0n) is 17.3. The summed E-state index contributed by atoms with van der Waals surface area (Å²) in [6.45, 7) is 7.32. The summed E-state index contributed by atoms with van der Waals surface area (Å²) in [7, 11) is 4.10. The summed E-state index contributed by atoms with van der Waals surface area (Å²) < 4.78 is 0. The molecule has 0 aromatic heterocycles. The molecule has 1 aliphatic heterocycles. The normalized spacial score (nSPS) is 15.8. The van der Waals surface area contributed by atoms with E-state index in [0.29, 0.717) is 26.1 Å². The lowest BCUT2D eigenvalue weighted by Crippen LogP contribution is -2.46. The first-order chi connectivity index (χ1) is 12.8. The van der Waals surface area contributed by atoms with Crippen molar-refractivity contribution in [2.75, 3.05) is 40.3 Å². The van der Waals surface area contributed by atoms with Gasteiger partial charge in [-0.2, -0.15) is 0 Å². The van der Waals surface area contributed by atoms with Gasteiger partial charge in [-0.25, -0.2) is 0 Å². The van der Waals surface area contributed by atoms with Crippen LogP contribution in [0.25, 0.3) is 0 Å². The number of aryl methyl sites for hydroxylation is 1. The summed E-state index contributed by atoms with van der Waals surface area (Å²) in [5, 5.41) is 3.12. The Morgan fingerprint density at radius 2 is 1.78 bits per heavy atom. The van der Waals surface area contributed by atoms with Gasteiger partial charge in [0.1, 0.15) is 0 Å². The Morgan fingerprint density at radius 3 is 2.37 bits per heavy atom. The number of likely N-dealkylation sites (tertiary alicyclic amines) is 1. The van der Waals surface area contributed by atoms with Crippen LogP contribution in [-0.2, 0) is 16.0 Å². The molecule has 2 amide bonds. The van der Waals surface area contributed by atoms with Crippen LogP contribution in [-0.4, -0.2) is 61.9 Å². The summed E-state index contributed by atoms with van der Waals surface area (Å²) in [6, 6.07) is 10.1. The van der Waals surface area contributed by atoms with Crippen LogP contribution in [0.15, 0.2) is 30.3 Å². The third-order valence-electron chi connectivity index (χ3n) is 5.17. The largest absolute Gasteiger partial charge is 0.355 e. The lowest BCUT2D eigenvalue weighted by atomic mass is 9.91. The van der Waals surface area contributed by atoms with Gasteiger partial charge in [-0.15, -0.1) is 0 Å². The number of nitrogens with one attached hydrogen (secondary N) is 1. The zero-order valence-corrected chi connectivity index (χ0v) is 17.3. The Kier molecular flexibility index (Phi) is 7.84. The molecule has 5 nitrogen and oxygen atoms in total. The van der Waals surface area contributed by atoms with Crippen LogP contribution in [0.3, 0.4) is 0 Å². The molecule has 1 fully saturated rings. The monoisotopic (exact) mass is 373 g/mol. The number of benzene rings is 1. The van der Waals surface area contributed by atoms with E-state index in [1.165, 1.54) is 5.56 Å². The Hall–Kier alpha value is -1.88. The van der Waals surface area contributed by atoms with Crippen molar-refractivity contribution in [3.8, 4) is 0 Å². The highest BCUT2D eigenvalue weighted by molar-refractivity contribution is 5.80. The van der Waals surface area contributed by atoms with Crippen molar-refractivity contribution in [1.82, 2.24) is 15.1 Å².